The van der Waals surface area contributed by atoms with Gasteiger partial charge in [0.1, 0.15) is 5.75 Å². The molecule has 1 atom stereocenters. The summed E-state index contributed by atoms with van der Waals surface area (Å²) in [5, 5.41) is 0.730. The van der Waals surface area contributed by atoms with Crippen molar-refractivity contribution < 1.29 is 4.74 Å². The van der Waals surface area contributed by atoms with Crippen LogP contribution in [0.3, 0.4) is 0 Å². The first-order chi connectivity index (χ1) is 9.70. The Bertz CT molecular complexity index is 639. The summed E-state index contributed by atoms with van der Waals surface area (Å²) < 4.78 is 5.76. The fraction of sp³-hybridized carbons (Fsp3) is 0.294. The molecule has 2 aromatic rings. The second-order valence-electron chi connectivity index (χ2n) is 5.11. The van der Waals surface area contributed by atoms with E-state index in [0.29, 0.717) is 6.61 Å². The third-order valence-corrected chi connectivity index (χ3v) is 4.10. The predicted octanol–water partition coefficient (Wildman–Crippen LogP) is 3.89. The van der Waals surface area contributed by atoms with Crippen molar-refractivity contribution in [3.8, 4) is 5.75 Å². The van der Waals surface area contributed by atoms with E-state index in [-0.39, 0.29) is 6.04 Å². The lowest BCUT2D eigenvalue weighted by Gasteiger charge is -2.19. The summed E-state index contributed by atoms with van der Waals surface area (Å²) in [5.74, 6) is 0.924. The van der Waals surface area contributed by atoms with Gasteiger partial charge in [-0.15, -0.1) is 0 Å². The number of ether oxygens (including phenoxy) is 1. The van der Waals surface area contributed by atoms with Gasteiger partial charge in [0, 0.05) is 17.0 Å². The van der Waals surface area contributed by atoms with Gasteiger partial charge in [0.25, 0.3) is 0 Å². The van der Waals surface area contributed by atoms with Crippen LogP contribution < -0.4 is 10.5 Å². The summed E-state index contributed by atoms with van der Waals surface area (Å²) in [6, 6.07) is 12.0. The van der Waals surface area contributed by atoms with Crippen LogP contribution in [-0.2, 0) is 12.8 Å². The van der Waals surface area contributed by atoms with E-state index in [0.717, 1.165) is 40.3 Å². The first-order valence-electron chi connectivity index (χ1n) is 6.99. The summed E-state index contributed by atoms with van der Waals surface area (Å²) in [6.07, 6.45) is 1.87. The highest BCUT2D eigenvalue weighted by Gasteiger charge is 2.23. The van der Waals surface area contributed by atoms with Crippen LogP contribution in [0, 0.1) is 0 Å². The zero-order valence-corrected chi connectivity index (χ0v) is 12.3. The molecule has 1 unspecified atom stereocenters. The lowest BCUT2D eigenvalue weighted by Crippen LogP contribution is -2.15. The van der Waals surface area contributed by atoms with E-state index < -0.39 is 0 Å². The number of nitrogens with two attached hydrogens (primary N) is 1. The Morgan fingerprint density at radius 2 is 2.05 bits per heavy atom. The molecule has 1 aliphatic heterocycles. The number of aryl methyl sites for hydroxylation is 1. The largest absolute Gasteiger partial charge is 0.493 e. The molecule has 0 fully saturated rings. The Morgan fingerprint density at radius 1 is 1.25 bits per heavy atom. The normalized spacial score (nSPS) is 14.8. The van der Waals surface area contributed by atoms with Crippen molar-refractivity contribution >= 4 is 11.6 Å². The maximum absolute atomic E-state index is 6.50. The summed E-state index contributed by atoms with van der Waals surface area (Å²) in [5.41, 5.74) is 11.1. The fourth-order valence-electron chi connectivity index (χ4n) is 2.86. The molecule has 0 amide bonds. The van der Waals surface area contributed by atoms with E-state index >= 15 is 0 Å². The Hall–Kier alpha value is -1.51. The SMILES string of the molecule is CCc1ccccc1C(N)c1cc(Cl)cc2c1OCC2. The van der Waals surface area contributed by atoms with Crippen LogP contribution >= 0.6 is 11.6 Å². The number of fused-ring (bicyclic) bond motifs is 1. The van der Waals surface area contributed by atoms with Gasteiger partial charge < -0.3 is 10.5 Å². The highest BCUT2D eigenvalue weighted by Crippen LogP contribution is 2.38. The minimum Gasteiger partial charge on any atom is -0.493 e. The van der Waals surface area contributed by atoms with Crippen LogP contribution in [0.15, 0.2) is 36.4 Å². The van der Waals surface area contributed by atoms with Crippen LogP contribution in [0.4, 0.5) is 0 Å². The number of hydrogen-bond acceptors (Lipinski definition) is 2. The molecule has 2 nitrogen and oxygen atoms in total. The molecule has 0 spiro atoms. The first-order valence-corrected chi connectivity index (χ1v) is 7.37. The fourth-order valence-corrected chi connectivity index (χ4v) is 3.11. The van der Waals surface area contributed by atoms with Gasteiger partial charge in [0.2, 0.25) is 0 Å². The highest BCUT2D eigenvalue weighted by atomic mass is 35.5. The molecule has 3 rings (SSSR count). The van der Waals surface area contributed by atoms with Gasteiger partial charge in [0.05, 0.1) is 12.6 Å². The van der Waals surface area contributed by atoms with Crippen molar-refractivity contribution in [3.05, 3.63) is 63.7 Å². The van der Waals surface area contributed by atoms with E-state index in [4.69, 9.17) is 22.1 Å². The van der Waals surface area contributed by atoms with Crippen molar-refractivity contribution in [1.29, 1.82) is 0 Å². The maximum atomic E-state index is 6.50. The van der Waals surface area contributed by atoms with Gasteiger partial charge in [-0.3, -0.25) is 0 Å². The van der Waals surface area contributed by atoms with Crippen molar-refractivity contribution in [2.24, 2.45) is 5.73 Å². The third-order valence-electron chi connectivity index (χ3n) is 3.88. The molecule has 0 radical (unpaired) electrons. The lowest BCUT2D eigenvalue weighted by atomic mass is 9.92. The van der Waals surface area contributed by atoms with Gasteiger partial charge in [-0.25, -0.2) is 0 Å². The molecular formula is C17H18ClNO. The minimum absolute atomic E-state index is 0.198. The number of benzene rings is 2. The van der Waals surface area contributed by atoms with Crippen LogP contribution in [0.25, 0.3) is 0 Å². The van der Waals surface area contributed by atoms with E-state index in [1.165, 1.54) is 5.56 Å². The Morgan fingerprint density at radius 3 is 2.85 bits per heavy atom. The topological polar surface area (TPSA) is 35.2 Å². The standard InChI is InChI=1S/C17H18ClNO/c1-2-11-5-3-4-6-14(11)16(19)15-10-13(18)9-12-7-8-20-17(12)15/h3-6,9-10,16H,2,7-8,19H2,1H3. The van der Waals surface area contributed by atoms with Crippen molar-refractivity contribution in [1.82, 2.24) is 0 Å². The third kappa shape index (κ3) is 2.30. The first kappa shape index (κ1) is 13.5. The molecular weight excluding hydrogens is 270 g/mol. The Labute approximate surface area is 124 Å². The average molecular weight is 288 g/mol. The van der Waals surface area contributed by atoms with Gasteiger partial charge in [-0.2, -0.15) is 0 Å². The van der Waals surface area contributed by atoms with E-state index in [9.17, 15) is 0 Å². The molecule has 0 saturated carbocycles. The Kier molecular flexibility index (Phi) is 3.68. The molecule has 0 aliphatic carbocycles. The smallest absolute Gasteiger partial charge is 0.127 e. The second kappa shape index (κ2) is 5.47. The van der Waals surface area contributed by atoms with Crippen LogP contribution in [0.1, 0.15) is 35.2 Å². The van der Waals surface area contributed by atoms with E-state index in [1.807, 2.05) is 24.3 Å². The number of hydrogen-bond donors (Lipinski definition) is 1. The van der Waals surface area contributed by atoms with Gasteiger partial charge in [-0.05, 0) is 35.2 Å². The van der Waals surface area contributed by atoms with E-state index in [1.54, 1.807) is 0 Å². The molecule has 2 N–H and O–H groups in total. The second-order valence-corrected chi connectivity index (χ2v) is 5.55. The summed E-state index contributed by atoms with van der Waals surface area (Å²) >= 11 is 6.22. The predicted molar refractivity (Wildman–Crippen MR) is 82.5 cm³/mol. The monoisotopic (exact) mass is 287 g/mol. The van der Waals surface area contributed by atoms with Gasteiger partial charge >= 0.3 is 0 Å². The van der Waals surface area contributed by atoms with Crippen molar-refractivity contribution in [2.45, 2.75) is 25.8 Å². The lowest BCUT2D eigenvalue weighted by molar-refractivity contribution is 0.352. The average Bonchev–Trinajstić information content (AvgIpc) is 2.93. The molecule has 104 valence electrons. The van der Waals surface area contributed by atoms with Gasteiger partial charge in [0.15, 0.2) is 0 Å². The Balaban J connectivity index is 2.09. The number of halogens is 1. The highest BCUT2D eigenvalue weighted by molar-refractivity contribution is 6.30. The molecule has 0 saturated heterocycles. The van der Waals surface area contributed by atoms with Crippen molar-refractivity contribution in [2.75, 3.05) is 6.61 Å². The van der Waals surface area contributed by atoms with Crippen LogP contribution in [-0.4, -0.2) is 6.61 Å². The molecule has 0 bridgehead atoms. The summed E-state index contributed by atoms with van der Waals surface area (Å²) in [4.78, 5) is 0. The maximum Gasteiger partial charge on any atom is 0.127 e. The molecule has 3 heteroatoms. The van der Waals surface area contributed by atoms with Gasteiger partial charge in [-0.1, -0.05) is 42.8 Å². The molecule has 0 aromatic heterocycles. The zero-order valence-electron chi connectivity index (χ0n) is 11.5. The molecule has 1 aliphatic rings. The summed E-state index contributed by atoms with van der Waals surface area (Å²) in [7, 11) is 0. The molecule has 2 aromatic carbocycles. The minimum atomic E-state index is -0.198. The molecule has 20 heavy (non-hydrogen) atoms. The number of rotatable bonds is 3. The van der Waals surface area contributed by atoms with Crippen LogP contribution in [0.2, 0.25) is 5.02 Å². The van der Waals surface area contributed by atoms with Crippen molar-refractivity contribution in [3.63, 3.8) is 0 Å². The summed E-state index contributed by atoms with van der Waals surface area (Å²) in [6.45, 7) is 2.86. The van der Waals surface area contributed by atoms with Crippen LogP contribution in [0.5, 0.6) is 5.75 Å². The van der Waals surface area contributed by atoms with E-state index in [2.05, 4.69) is 19.1 Å². The molecule has 1 heterocycles. The quantitative estimate of drug-likeness (QED) is 0.930. The zero-order chi connectivity index (χ0) is 14.1.